The van der Waals surface area contributed by atoms with Crippen molar-refractivity contribution in [2.24, 2.45) is 4.99 Å². The van der Waals surface area contributed by atoms with Crippen molar-refractivity contribution in [2.45, 2.75) is 83.6 Å². The number of ketones is 1. The molecule has 61 heavy (non-hydrogen) atoms. The van der Waals surface area contributed by atoms with Crippen molar-refractivity contribution in [1.82, 2.24) is 35.3 Å². The van der Waals surface area contributed by atoms with Crippen molar-refractivity contribution in [3.05, 3.63) is 79.8 Å². The summed E-state index contributed by atoms with van der Waals surface area (Å²) in [6.45, 7) is 7.27. The van der Waals surface area contributed by atoms with E-state index in [2.05, 4.69) is 36.1 Å². The number of hydrogen-bond acceptors (Lipinski definition) is 14. The normalized spacial score (nSPS) is 20.3. The average molecular weight is 835 g/mol. The highest BCUT2D eigenvalue weighted by molar-refractivity contribution is 6.23. The second kappa shape index (κ2) is 17.7. The highest BCUT2D eigenvalue weighted by Gasteiger charge is 2.44. The number of nitrogens with one attached hydrogen (secondary N) is 4. The minimum Gasteiger partial charge on any atom is -0.494 e. The smallest absolute Gasteiger partial charge is 0.263 e. The molecule has 3 aromatic rings. The van der Waals surface area contributed by atoms with Crippen LogP contribution in [0.1, 0.15) is 101 Å². The molecule has 3 fully saturated rings. The largest absolute Gasteiger partial charge is 0.494 e. The van der Waals surface area contributed by atoms with Crippen molar-refractivity contribution < 1.29 is 33.5 Å². The molecule has 2 unspecified atom stereocenters. The molecule has 0 spiro atoms. The van der Waals surface area contributed by atoms with Gasteiger partial charge >= 0.3 is 0 Å². The number of imide groups is 2. The minimum atomic E-state index is -1.02. The minimum absolute atomic E-state index is 0.0153. The number of nitrogens with zero attached hydrogens (tertiary/aromatic N) is 6. The van der Waals surface area contributed by atoms with E-state index in [1.54, 1.807) is 17.6 Å². The lowest BCUT2D eigenvalue weighted by Crippen LogP contribution is -2.54. The van der Waals surface area contributed by atoms with Gasteiger partial charge in [0.1, 0.15) is 23.1 Å². The Hall–Kier alpha value is -6.43. The summed E-state index contributed by atoms with van der Waals surface area (Å²) in [7, 11) is 0. The Labute approximate surface area is 351 Å². The van der Waals surface area contributed by atoms with Crippen LogP contribution < -0.4 is 47.2 Å². The van der Waals surface area contributed by atoms with Gasteiger partial charge in [0.25, 0.3) is 17.4 Å². The number of carbonyl (C=O) groups excluding carboxylic acids is 6. The number of fused-ring (bicyclic) bond motifs is 2. The predicted octanol–water partition coefficient (Wildman–Crippen LogP) is 0.725. The SMILES string of the molecule is CC(=O)c1c(C)c2c(n(C3CCCC3)c1=O)=NC(Nc1ccc(N3CCN(CC(=O)NCCCCOc4ccc5c(c4)C(=O)N(C4CCC(=O)NC4=O)C5=O)CC3)cn1)NC=2. The van der Waals surface area contributed by atoms with E-state index in [1.165, 1.54) is 19.1 Å². The molecule has 18 nitrogen and oxygen atoms in total. The fourth-order valence-corrected chi connectivity index (χ4v) is 8.83. The summed E-state index contributed by atoms with van der Waals surface area (Å²) in [5.41, 5.74) is 2.50. The van der Waals surface area contributed by atoms with E-state index in [-0.39, 0.29) is 52.8 Å². The zero-order valence-electron chi connectivity index (χ0n) is 34.3. The van der Waals surface area contributed by atoms with E-state index in [0.717, 1.165) is 67.7 Å². The first-order valence-electron chi connectivity index (χ1n) is 21.0. The van der Waals surface area contributed by atoms with Crippen LogP contribution in [0, 0.1) is 6.92 Å². The maximum absolute atomic E-state index is 13.6. The van der Waals surface area contributed by atoms with Crippen LogP contribution >= 0.6 is 0 Å². The van der Waals surface area contributed by atoms with E-state index in [9.17, 15) is 33.6 Å². The number of hydrogen-bond donors (Lipinski definition) is 4. The maximum atomic E-state index is 13.6. The van der Waals surface area contributed by atoms with E-state index < -0.39 is 36.0 Å². The van der Waals surface area contributed by atoms with Crippen LogP contribution in [-0.2, 0) is 14.4 Å². The van der Waals surface area contributed by atoms with Crippen molar-refractivity contribution in [3.63, 3.8) is 0 Å². The van der Waals surface area contributed by atoms with Gasteiger partial charge in [-0.3, -0.25) is 53.2 Å². The van der Waals surface area contributed by atoms with Gasteiger partial charge < -0.3 is 25.6 Å². The van der Waals surface area contributed by atoms with E-state index in [0.29, 0.717) is 55.2 Å². The van der Waals surface area contributed by atoms with Crippen molar-refractivity contribution >= 4 is 53.0 Å². The number of carbonyl (C=O) groups is 6. The first-order chi connectivity index (χ1) is 29.5. The zero-order chi connectivity index (χ0) is 42.8. The van der Waals surface area contributed by atoms with Gasteiger partial charge in [-0.15, -0.1) is 0 Å². The molecular formula is C43H50N10O8. The fourth-order valence-electron chi connectivity index (χ4n) is 8.83. The molecule has 2 aromatic heterocycles. The molecule has 2 atom stereocenters. The molecule has 0 radical (unpaired) electrons. The first kappa shape index (κ1) is 41.3. The second-order valence-electron chi connectivity index (χ2n) is 16.1. The summed E-state index contributed by atoms with van der Waals surface area (Å²) < 4.78 is 7.56. The zero-order valence-corrected chi connectivity index (χ0v) is 34.3. The number of pyridine rings is 2. The molecule has 1 aliphatic carbocycles. The number of Topliss-reactive ketones (excluding diaryl/α,β-unsaturated/α-hetero) is 1. The number of piperazine rings is 1. The molecule has 0 bridgehead atoms. The Kier molecular flexibility index (Phi) is 12.0. The van der Waals surface area contributed by atoms with Crippen molar-refractivity contribution in [2.75, 3.05) is 56.1 Å². The molecule has 320 valence electrons. The number of aromatic nitrogens is 2. The van der Waals surface area contributed by atoms with Gasteiger partial charge in [-0.2, -0.15) is 0 Å². The standard InChI is InChI=1S/C43H50N10O8/c1-25-32-23-46-43(49-38(32)52(27-7-3-4-8-27)42(60)37(25)26(2)54)47-34-13-9-28(22-45-34)51-18-16-50(17-19-51)24-36(56)44-15-5-6-20-61-29-10-11-30-31(21-29)41(59)53(40(30)58)33-12-14-35(55)48-39(33)57/h9-11,13,21-23,27,33,43,46H,3-8,12,14-20,24H2,1-2H3,(H,44,56)(H,45,47)(H,48,55,57). The quantitative estimate of drug-likeness (QED) is 0.100. The number of amides is 5. The van der Waals surface area contributed by atoms with Crippen LogP contribution in [-0.4, -0.2) is 113 Å². The third-order valence-corrected chi connectivity index (χ3v) is 12.1. The molecule has 18 heteroatoms. The predicted molar refractivity (Wildman–Crippen MR) is 222 cm³/mol. The highest BCUT2D eigenvalue weighted by Crippen LogP contribution is 2.31. The average Bonchev–Trinajstić information content (AvgIpc) is 3.85. The Morgan fingerprint density at radius 1 is 0.934 bits per heavy atom. The summed E-state index contributed by atoms with van der Waals surface area (Å²) in [5, 5.41) is 12.5. The number of anilines is 2. The number of benzene rings is 1. The van der Waals surface area contributed by atoms with Gasteiger partial charge in [0, 0.05) is 56.6 Å². The Morgan fingerprint density at radius 3 is 2.43 bits per heavy atom. The molecule has 1 aromatic carbocycles. The maximum Gasteiger partial charge on any atom is 0.263 e. The van der Waals surface area contributed by atoms with Gasteiger partial charge in [-0.05, 0) is 81.8 Å². The third kappa shape index (κ3) is 8.62. The molecule has 4 aliphatic heterocycles. The van der Waals surface area contributed by atoms with E-state index in [1.807, 2.05) is 24.5 Å². The summed E-state index contributed by atoms with van der Waals surface area (Å²) in [6, 6.07) is 7.52. The van der Waals surface area contributed by atoms with Crippen LogP contribution in [0.25, 0.3) is 6.20 Å². The van der Waals surface area contributed by atoms with Crippen LogP contribution in [0.5, 0.6) is 5.75 Å². The number of ether oxygens (including phenoxy) is 1. The van der Waals surface area contributed by atoms with Crippen LogP contribution in [0.2, 0.25) is 0 Å². The fraction of sp³-hybridized carbons (Fsp3) is 0.465. The first-order valence-corrected chi connectivity index (χ1v) is 21.0. The molecule has 4 N–H and O–H groups in total. The van der Waals surface area contributed by atoms with Crippen LogP contribution in [0.15, 0.2) is 46.3 Å². The molecular weight excluding hydrogens is 785 g/mol. The molecule has 6 heterocycles. The second-order valence-corrected chi connectivity index (χ2v) is 16.1. The Balaban J connectivity index is 0.753. The Morgan fingerprint density at radius 2 is 1.70 bits per heavy atom. The van der Waals surface area contributed by atoms with E-state index >= 15 is 0 Å². The number of unbranched alkanes of at least 4 members (excludes halogenated alkanes) is 1. The van der Waals surface area contributed by atoms with Gasteiger partial charge in [-0.1, -0.05) is 12.8 Å². The lowest BCUT2D eigenvalue weighted by atomic mass is 10.0. The molecule has 8 rings (SSSR count). The van der Waals surface area contributed by atoms with Crippen LogP contribution in [0.3, 0.4) is 0 Å². The molecule has 2 saturated heterocycles. The molecule has 1 saturated carbocycles. The van der Waals surface area contributed by atoms with Gasteiger partial charge in [-0.25, -0.2) is 9.98 Å². The monoisotopic (exact) mass is 834 g/mol. The van der Waals surface area contributed by atoms with E-state index in [4.69, 9.17) is 9.73 Å². The Bertz CT molecular complexity index is 2460. The van der Waals surface area contributed by atoms with Crippen molar-refractivity contribution in [1.29, 1.82) is 0 Å². The number of rotatable bonds is 14. The summed E-state index contributed by atoms with van der Waals surface area (Å²) in [5.74, 6) is -1.49. The topological polar surface area (TPSA) is 217 Å². The summed E-state index contributed by atoms with van der Waals surface area (Å²) in [6.07, 6.45) is 8.41. The summed E-state index contributed by atoms with van der Waals surface area (Å²) in [4.78, 5) is 103. The lowest BCUT2D eigenvalue weighted by Gasteiger charge is -2.35. The van der Waals surface area contributed by atoms with Crippen molar-refractivity contribution in [3.8, 4) is 5.75 Å². The van der Waals surface area contributed by atoms with Gasteiger partial charge in [0.2, 0.25) is 17.7 Å². The number of piperidine rings is 1. The highest BCUT2D eigenvalue weighted by atomic mass is 16.5. The summed E-state index contributed by atoms with van der Waals surface area (Å²) >= 11 is 0. The third-order valence-electron chi connectivity index (χ3n) is 12.1. The van der Waals surface area contributed by atoms with Crippen LogP contribution in [0.4, 0.5) is 11.5 Å². The molecule has 5 amide bonds. The van der Waals surface area contributed by atoms with Gasteiger partial charge in [0.15, 0.2) is 12.1 Å². The van der Waals surface area contributed by atoms with Gasteiger partial charge in [0.05, 0.1) is 41.7 Å². The lowest BCUT2D eigenvalue weighted by molar-refractivity contribution is -0.136. The molecule has 5 aliphatic rings.